The Labute approximate surface area is 150 Å². The maximum Gasteiger partial charge on any atom is 0.270 e. The van der Waals surface area contributed by atoms with E-state index >= 15 is 0 Å². The zero-order valence-corrected chi connectivity index (χ0v) is 14.7. The summed E-state index contributed by atoms with van der Waals surface area (Å²) in [6.45, 7) is 0. The molecule has 5 nitrogen and oxygen atoms in total. The van der Waals surface area contributed by atoms with E-state index < -0.39 is 5.56 Å². The molecule has 0 amide bonds. The van der Waals surface area contributed by atoms with E-state index in [1.807, 2.05) is 74.0 Å². The Morgan fingerprint density at radius 1 is 1.08 bits per heavy atom. The number of H-pyrrole nitrogens is 1. The Morgan fingerprint density at radius 3 is 2.32 bits per heavy atom. The van der Waals surface area contributed by atoms with E-state index in [1.54, 1.807) is 0 Å². The molecule has 0 aliphatic rings. The summed E-state index contributed by atoms with van der Waals surface area (Å²) in [5.74, 6) is 0. The van der Waals surface area contributed by atoms with Crippen molar-refractivity contribution in [1.29, 1.82) is 5.26 Å². The molecule has 3 aromatic rings. The highest BCUT2D eigenvalue weighted by atomic mass is 32.2. The molecule has 0 radical (unpaired) electrons. The topological polar surface area (TPSA) is 72.8 Å². The smallest absolute Gasteiger partial charge is 0.270 e. The van der Waals surface area contributed by atoms with Gasteiger partial charge in [0.15, 0.2) is 5.16 Å². The van der Waals surface area contributed by atoms with Gasteiger partial charge < -0.3 is 9.88 Å². The highest BCUT2D eigenvalue weighted by molar-refractivity contribution is 7.98. The van der Waals surface area contributed by atoms with Crippen LogP contribution in [0.4, 0.5) is 11.4 Å². The quantitative estimate of drug-likeness (QED) is 0.573. The first-order chi connectivity index (χ1) is 12.1. The molecule has 6 heteroatoms. The standard InChI is InChI=1S/C19H16N4OS/c1-23(14-6-4-3-5-7-14)15-10-8-13(9-11-15)17-16(12-20)18(24)22-19(21-17)25-2/h3-11H,1-2H3,(H,21,22,24). The van der Waals surface area contributed by atoms with E-state index in [0.717, 1.165) is 16.9 Å². The van der Waals surface area contributed by atoms with Crippen molar-refractivity contribution in [1.82, 2.24) is 9.97 Å². The van der Waals surface area contributed by atoms with Gasteiger partial charge in [0.1, 0.15) is 11.6 Å². The second-order valence-corrected chi connectivity index (χ2v) is 6.15. The zero-order chi connectivity index (χ0) is 17.8. The molecular weight excluding hydrogens is 332 g/mol. The van der Waals surface area contributed by atoms with Crippen molar-refractivity contribution >= 4 is 23.1 Å². The Kier molecular flexibility index (Phi) is 4.87. The fraction of sp³-hybridized carbons (Fsp3) is 0.105. The highest BCUT2D eigenvalue weighted by Gasteiger charge is 2.13. The van der Waals surface area contributed by atoms with Gasteiger partial charge in [-0.3, -0.25) is 4.79 Å². The van der Waals surface area contributed by atoms with Crippen molar-refractivity contribution in [3.8, 4) is 17.3 Å². The minimum absolute atomic E-state index is 0.0296. The van der Waals surface area contributed by atoms with E-state index in [2.05, 4.69) is 14.9 Å². The number of para-hydroxylation sites is 1. The van der Waals surface area contributed by atoms with Crippen LogP contribution < -0.4 is 10.5 Å². The lowest BCUT2D eigenvalue weighted by Gasteiger charge is -2.19. The molecule has 0 aliphatic carbocycles. The molecule has 3 rings (SSSR count). The third kappa shape index (κ3) is 3.42. The van der Waals surface area contributed by atoms with Crippen molar-refractivity contribution in [3.05, 3.63) is 70.5 Å². The third-order valence-corrected chi connectivity index (χ3v) is 4.45. The number of benzene rings is 2. The summed E-state index contributed by atoms with van der Waals surface area (Å²) in [7, 11) is 1.99. The molecule has 25 heavy (non-hydrogen) atoms. The van der Waals surface area contributed by atoms with Crippen LogP contribution in [0, 0.1) is 11.3 Å². The zero-order valence-electron chi connectivity index (χ0n) is 13.9. The van der Waals surface area contributed by atoms with Crippen molar-refractivity contribution in [2.75, 3.05) is 18.2 Å². The van der Waals surface area contributed by atoms with E-state index in [-0.39, 0.29) is 5.56 Å². The third-order valence-electron chi connectivity index (χ3n) is 3.87. The highest BCUT2D eigenvalue weighted by Crippen LogP contribution is 2.27. The van der Waals surface area contributed by atoms with E-state index in [0.29, 0.717) is 10.9 Å². The predicted octanol–water partition coefficient (Wildman–Crippen LogP) is 3.80. The van der Waals surface area contributed by atoms with Crippen molar-refractivity contribution < 1.29 is 0 Å². The summed E-state index contributed by atoms with van der Waals surface area (Å²) in [5.41, 5.74) is 2.84. The second-order valence-electron chi connectivity index (χ2n) is 5.35. The molecule has 1 aromatic heterocycles. The Balaban J connectivity index is 2.00. The molecule has 124 valence electrons. The Hall–Kier alpha value is -3.04. The first kappa shape index (κ1) is 16.8. The van der Waals surface area contributed by atoms with Crippen molar-refractivity contribution in [3.63, 3.8) is 0 Å². The number of hydrogen-bond donors (Lipinski definition) is 1. The second kappa shape index (κ2) is 7.24. The molecule has 0 unspecified atom stereocenters. The summed E-state index contributed by atoms with van der Waals surface area (Å²) in [5, 5.41) is 9.78. The predicted molar refractivity (Wildman–Crippen MR) is 101 cm³/mol. The minimum atomic E-state index is -0.415. The van der Waals surface area contributed by atoms with E-state index in [1.165, 1.54) is 11.8 Å². The minimum Gasteiger partial charge on any atom is -0.345 e. The molecule has 2 aromatic carbocycles. The number of rotatable bonds is 4. The van der Waals surface area contributed by atoms with Crippen LogP contribution in [0.25, 0.3) is 11.3 Å². The first-order valence-corrected chi connectivity index (χ1v) is 8.84. The van der Waals surface area contributed by atoms with Crippen LogP contribution in [0.2, 0.25) is 0 Å². The van der Waals surface area contributed by atoms with Gasteiger partial charge in [-0.25, -0.2) is 4.98 Å². The van der Waals surface area contributed by atoms with Gasteiger partial charge in [-0.2, -0.15) is 5.26 Å². The first-order valence-electron chi connectivity index (χ1n) is 7.61. The molecule has 1 N–H and O–H groups in total. The summed E-state index contributed by atoms with van der Waals surface area (Å²) in [6, 6.07) is 19.6. The lowest BCUT2D eigenvalue weighted by molar-refractivity contribution is 0.937. The Morgan fingerprint density at radius 2 is 1.72 bits per heavy atom. The maximum atomic E-state index is 12.0. The van der Waals surface area contributed by atoms with Gasteiger partial charge in [0.2, 0.25) is 0 Å². The largest absolute Gasteiger partial charge is 0.345 e. The number of aromatic amines is 1. The van der Waals surface area contributed by atoms with Crippen LogP contribution in [-0.2, 0) is 0 Å². The number of aromatic nitrogens is 2. The number of thioether (sulfide) groups is 1. The summed E-state index contributed by atoms with van der Waals surface area (Å²) in [4.78, 5) is 21.1. The van der Waals surface area contributed by atoms with Gasteiger partial charge in [-0.05, 0) is 30.5 Å². The number of nitrogens with one attached hydrogen (secondary N) is 1. The normalized spacial score (nSPS) is 10.3. The van der Waals surface area contributed by atoms with Crippen LogP contribution in [0.1, 0.15) is 5.56 Å². The summed E-state index contributed by atoms with van der Waals surface area (Å²) in [6.07, 6.45) is 1.83. The van der Waals surface area contributed by atoms with Gasteiger partial charge in [0.05, 0.1) is 5.69 Å². The molecule has 0 bridgehead atoms. The number of nitrogens with zero attached hydrogens (tertiary/aromatic N) is 3. The molecule has 0 aliphatic heterocycles. The lowest BCUT2D eigenvalue weighted by atomic mass is 10.1. The van der Waals surface area contributed by atoms with Crippen LogP contribution in [-0.4, -0.2) is 23.3 Å². The fourth-order valence-electron chi connectivity index (χ4n) is 2.51. The van der Waals surface area contributed by atoms with Crippen LogP contribution in [0.15, 0.2) is 64.5 Å². The molecule has 0 fully saturated rings. The number of hydrogen-bond acceptors (Lipinski definition) is 5. The molecule has 1 heterocycles. The van der Waals surface area contributed by atoms with E-state index in [9.17, 15) is 10.1 Å². The lowest BCUT2D eigenvalue weighted by Crippen LogP contribution is -2.14. The van der Waals surface area contributed by atoms with Gasteiger partial charge in [0, 0.05) is 24.0 Å². The van der Waals surface area contributed by atoms with Gasteiger partial charge in [0.25, 0.3) is 5.56 Å². The summed E-state index contributed by atoms with van der Waals surface area (Å²) >= 11 is 1.33. The molecular formula is C19H16N4OS. The van der Waals surface area contributed by atoms with Crippen LogP contribution in [0.5, 0.6) is 0 Å². The van der Waals surface area contributed by atoms with Crippen molar-refractivity contribution in [2.45, 2.75) is 5.16 Å². The molecule has 0 saturated carbocycles. The molecule has 0 atom stereocenters. The van der Waals surface area contributed by atoms with Gasteiger partial charge >= 0.3 is 0 Å². The SMILES string of the molecule is CSc1nc(-c2ccc(N(C)c3ccccc3)cc2)c(C#N)c(=O)[nH]1. The average molecular weight is 348 g/mol. The van der Waals surface area contributed by atoms with Crippen LogP contribution in [0.3, 0.4) is 0 Å². The monoisotopic (exact) mass is 348 g/mol. The van der Waals surface area contributed by atoms with Crippen LogP contribution >= 0.6 is 11.8 Å². The summed E-state index contributed by atoms with van der Waals surface area (Å²) < 4.78 is 0. The maximum absolute atomic E-state index is 12.0. The Bertz CT molecular complexity index is 975. The van der Waals surface area contributed by atoms with E-state index in [4.69, 9.17) is 0 Å². The van der Waals surface area contributed by atoms with Gasteiger partial charge in [-0.15, -0.1) is 0 Å². The number of anilines is 2. The molecule has 0 spiro atoms. The average Bonchev–Trinajstić information content (AvgIpc) is 2.67. The molecule has 0 saturated heterocycles. The number of nitriles is 1. The fourth-order valence-corrected chi connectivity index (χ4v) is 2.88. The van der Waals surface area contributed by atoms with Crippen molar-refractivity contribution in [2.24, 2.45) is 0 Å². The van der Waals surface area contributed by atoms with Gasteiger partial charge in [-0.1, -0.05) is 42.1 Å².